The van der Waals surface area contributed by atoms with E-state index in [-0.39, 0.29) is 5.82 Å². The smallest absolute Gasteiger partial charge is 0.124 e. The summed E-state index contributed by atoms with van der Waals surface area (Å²) in [5.41, 5.74) is 6.42. The van der Waals surface area contributed by atoms with Crippen LogP contribution in [0.5, 0.6) is 0 Å². The molecule has 0 saturated heterocycles. The van der Waals surface area contributed by atoms with Crippen molar-refractivity contribution < 1.29 is 4.39 Å². The van der Waals surface area contributed by atoms with Crippen molar-refractivity contribution in [1.29, 1.82) is 5.26 Å². The van der Waals surface area contributed by atoms with Gasteiger partial charge in [-0.1, -0.05) is 22.0 Å². The molecule has 2 nitrogen and oxygen atoms in total. The molecule has 14 heavy (non-hydrogen) atoms. The summed E-state index contributed by atoms with van der Waals surface area (Å²) in [7, 11) is 0. The lowest BCUT2D eigenvalue weighted by Gasteiger charge is -2.05. The van der Waals surface area contributed by atoms with E-state index >= 15 is 0 Å². The molecule has 1 rings (SSSR count). The highest BCUT2D eigenvalue weighted by molar-refractivity contribution is 9.10. The van der Waals surface area contributed by atoms with Crippen LogP contribution in [0.1, 0.15) is 12.0 Å². The first-order valence-corrected chi connectivity index (χ1v) is 5.02. The third-order valence-corrected chi connectivity index (χ3v) is 2.64. The molecule has 0 amide bonds. The maximum atomic E-state index is 12.7. The molecule has 0 saturated carbocycles. The van der Waals surface area contributed by atoms with E-state index in [1.807, 2.05) is 6.07 Å². The third kappa shape index (κ3) is 3.09. The summed E-state index contributed by atoms with van der Waals surface area (Å²) in [5, 5.41) is 8.48. The molecule has 74 valence electrons. The normalized spacial score (nSPS) is 12.1. The fourth-order valence-corrected chi connectivity index (χ4v) is 1.65. The second kappa shape index (κ2) is 5.08. The minimum absolute atomic E-state index is 0.273. The third-order valence-electron chi connectivity index (χ3n) is 1.91. The van der Waals surface area contributed by atoms with E-state index in [4.69, 9.17) is 11.0 Å². The van der Waals surface area contributed by atoms with E-state index < -0.39 is 6.04 Å². The van der Waals surface area contributed by atoms with E-state index in [0.29, 0.717) is 12.8 Å². The van der Waals surface area contributed by atoms with Crippen molar-refractivity contribution in [3.8, 4) is 6.07 Å². The molecule has 0 aromatic heterocycles. The number of nitrogens with zero attached hydrogens (tertiary/aromatic N) is 1. The van der Waals surface area contributed by atoms with Gasteiger partial charge >= 0.3 is 0 Å². The van der Waals surface area contributed by atoms with Crippen molar-refractivity contribution in [2.24, 2.45) is 5.73 Å². The Hall–Kier alpha value is -0.920. The molecule has 2 N–H and O–H groups in total. The zero-order valence-corrected chi connectivity index (χ0v) is 9.09. The Labute approximate surface area is 90.7 Å². The van der Waals surface area contributed by atoms with Gasteiger partial charge < -0.3 is 5.73 Å². The maximum absolute atomic E-state index is 12.7. The van der Waals surface area contributed by atoms with Gasteiger partial charge in [0.2, 0.25) is 0 Å². The average Bonchev–Trinajstić information content (AvgIpc) is 2.16. The summed E-state index contributed by atoms with van der Waals surface area (Å²) >= 11 is 3.26. The Balaban J connectivity index is 2.64. The van der Waals surface area contributed by atoms with Crippen LogP contribution in [0.25, 0.3) is 0 Å². The van der Waals surface area contributed by atoms with E-state index in [0.717, 1.165) is 10.0 Å². The van der Waals surface area contributed by atoms with Crippen LogP contribution in [-0.4, -0.2) is 6.04 Å². The van der Waals surface area contributed by atoms with Crippen LogP contribution in [0, 0.1) is 17.1 Å². The number of nitriles is 1. The molecule has 0 spiro atoms. The second-order valence-electron chi connectivity index (χ2n) is 3.01. The summed E-state index contributed by atoms with van der Waals surface area (Å²) in [6.07, 6.45) is 1.26. The summed E-state index contributed by atoms with van der Waals surface area (Å²) in [4.78, 5) is 0. The molecule has 1 unspecified atom stereocenters. The molecule has 0 heterocycles. The standard InChI is InChI=1S/C10H10BrFN2/c11-10-5-8(12)3-1-7(10)2-4-9(14)6-13/h1,3,5,9H,2,4,14H2. The van der Waals surface area contributed by atoms with Gasteiger partial charge in [0.05, 0.1) is 12.1 Å². The molecule has 0 aliphatic rings. The van der Waals surface area contributed by atoms with Crippen LogP contribution in [0.3, 0.4) is 0 Å². The molecule has 1 atom stereocenters. The SMILES string of the molecule is N#CC(N)CCc1ccc(F)cc1Br. The van der Waals surface area contributed by atoms with E-state index in [2.05, 4.69) is 15.9 Å². The topological polar surface area (TPSA) is 49.8 Å². The first-order chi connectivity index (χ1) is 6.63. The molecule has 0 aliphatic carbocycles. The lowest BCUT2D eigenvalue weighted by molar-refractivity contribution is 0.625. The van der Waals surface area contributed by atoms with Gasteiger partial charge in [0.1, 0.15) is 5.82 Å². The lowest BCUT2D eigenvalue weighted by atomic mass is 10.1. The fourth-order valence-electron chi connectivity index (χ4n) is 1.10. The van der Waals surface area contributed by atoms with Crippen molar-refractivity contribution in [1.82, 2.24) is 0 Å². The monoisotopic (exact) mass is 256 g/mol. The van der Waals surface area contributed by atoms with Crippen LogP contribution in [-0.2, 0) is 6.42 Å². The summed E-state index contributed by atoms with van der Waals surface area (Å²) in [6.45, 7) is 0. The van der Waals surface area contributed by atoms with E-state index in [9.17, 15) is 4.39 Å². The largest absolute Gasteiger partial charge is 0.316 e. The maximum Gasteiger partial charge on any atom is 0.124 e. The lowest BCUT2D eigenvalue weighted by Crippen LogP contribution is -2.17. The summed E-state index contributed by atoms with van der Waals surface area (Å²) in [6, 6.07) is 6.01. The Bertz CT molecular complexity index is 360. The minimum atomic E-state index is -0.452. The van der Waals surface area contributed by atoms with Gasteiger partial charge in [0.15, 0.2) is 0 Å². The second-order valence-corrected chi connectivity index (χ2v) is 3.86. The average molecular weight is 257 g/mol. The van der Waals surface area contributed by atoms with Crippen LogP contribution >= 0.6 is 15.9 Å². The van der Waals surface area contributed by atoms with Crippen LogP contribution in [0.2, 0.25) is 0 Å². The molecule has 0 aliphatic heterocycles. The number of halogens is 2. The zero-order chi connectivity index (χ0) is 10.6. The highest BCUT2D eigenvalue weighted by Crippen LogP contribution is 2.19. The highest BCUT2D eigenvalue weighted by atomic mass is 79.9. The van der Waals surface area contributed by atoms with Gasteiger partial charge in [-0.05, 0) is 30.5 Å². The van der Waals surface area contributed by atoms with Gasteiger partial charge in [-0.3, -0.25) is 0 Å². The Morgan fingerprint density at radius 1 is 1.57 bits per heavy atom. The summed E-state index contributed by atoms with van der Waals surface area (Å²) < 4.78 is 13.4. The molecule has 1 aromatic carbocycles. The molecule has 0 bridgehead atoms. The molecule has 4 heteroatoms. The van der Waals surface area contributed by atoms with Gasteiger partial charge in [0.25, 0.3) is 0 Å². The van der Waals surface area contributed by atoms with Crippen molar-refractivity contribution in [2.75, 3.05) is 0 Å². The number of hydrogen-bond acceptors (Lipinski definition) is 2. The summed E-state index contributed by atoms with van der Waals surface area (Å²) in [5.74, 6) is -0.273. The molecule has 0 fully saturated rings. The predicted molar refractivity (Wildman–Crippen MR) is 56.0 cm³/mol. The van der Waals surface area contributed by atoms with Crippen molar-refractivity contribution in [3.63, 3.8) is 0 Å². The molecule has 0 radical (unpaired) electrons. The number of aryl methyl sites for hydroxylation is 1. The van der Waals surface area contributed by atoms with Gasteiger partial charge in [-0.25, -0.2) is 4.39 Å². The first kappa shape index (κ1) is 11.2. The minimum Gasteiger partial charge on any atom is -0.316 e. The van der Waals surface area contributed by atoms with Gasteiger partial charge in [0, 0.05) is 4.47 Å². The zero-order valence-electron chi connectivity index (χ0n) is 7.50. The highest BCUT2D eigenvalue weighted by Gasteiger charge is 2.04. The molecular weight excluding hydrogens is 247 g/mol. The predicted octanol–water partition coefficient (Wildman–Crippen LogP) is 2.37. The Kier molecular flexibility index (Phi) is 4.05. The Morgan fingerprint density at radius 3 is 2.86 bits per heavy atom. The van der Waals surface area contributed by atoms with Gasteiger partial charge in [-0.15, -0.1) is 0 Å². The fraction of sp³-hybridized carbons (Fsp3) is 0.300. The number of nitrogens with two attached hydrogens (primary N) is 1. The van der Waals surface area contributed by atoms with E-state index in [1.54, 1.807) is 6.07 Å². The van der Waals surface area contributed by atoms with Crippen molar-refractivity contribution in [3.05, 3.63) is 34.1 Å². The molecular formula is C10H10BrFN2. The van der Waals surface area contributed by atoms with Gasteiger partial charge in [-0.2, -0.15) is 5.26 Å². The van der Waals surface area contributed by atoms with Crippen molar-refractivity contribution in [2.45, 2.75) is 18.9 Å². The van der Waals surface area contributed by atoms with Crippen LogP contribution in [0.4, 0.5) is 4.39 Å². The van der Waals surface area contributed by atoms with E-state index in [1.165, 1.54) is 12.1 Å². The number of hydrogen-bond donors (Lipinski definition) is 1. The number of benzene rings is 1. The quantitative estimate of drug-likeness (QED) is 0.903. The van der Waals surface area contributed by atoms with Crippen molar-refractivity contribution >= 4 is 15.9 Å². The Morgan fingerprint density at radius 2 is 2.29 bits per heavy atom. The van der Waals surface area contributed by atoms with Crippen LogP contribution in [0.15, 0.2) is 22.7 Å². The molecule has 1 aromatic rings. The van der Waals surface area contributed by atoms with Crippen LogP contribution < -0.4 is 5.73 Å². The first-order valence-electron chi connectivity index (χ1n) is 4.22. The number of rotatable bonds is 3.